The number of allylic oxidation sites excluding steroid dienone is 2. The first-order chi connectivity index (χ1) is 20.0. The van der Waals surface area contributed by atoms with Crippen molar-refractivity contribution in [2.75, 3.05) is 13.7 Å². The van der Waals surface area contributed by atoms with Crippen molar-refractivity contribution in [1.82, 2.24) is 9.88 Å². The van der Waals surface area contributed by atoms with E-state index in [0.29, 0.717) is 35.7 Å². The summed E-state index contributed by atoms with van der Waals surface area (Å²) in [7, 11) is 1.64. The molecule has 7 heteroatoms. The van der Waals surface area contributed by atoms with Crippen LogP contribution in [0.25, 0.3) is 11.3 Å². The van der Waals surface area contributed by atoms with Gasteiger partial charge in [0.15, 0.2) is 11.6 Å². The number of ketones is 2. The minimum Gasteiger partial charge on any atom is -0.496 e. The monoisotopic (exact) mass is 570 g/mol. The third kappa shape index (κ3) is 4.47. The third-order valence-corrected chi connectivity index (χ3v) is 10.3. The number of likely N-dealkylation sites (tertiary alicyclic amines) is 1. The summed E-state index contributed by atoms with van der Waals surface area (Å²) in [6, 6.07) is 7.80. The van der Waals surface area contributed by atoms with Crippen LogP contribution in [0.4, 0.5) is 0 Å². The van der Waals surface area contributed by atoms with Gasteiger partial charge in [-0.05, 0) is 74.3 Å². The van der Waals surface area contributed by atoms with Gasteiger partial charge in [-0.25, -0.2) is 4.98 Å². The van der Waals surface area contributed by atoms with Crippen LogP contribution < -0.4 is 4.74 Å². The number of piperidine rings is 1. The van der Waals surface area contributed by atoms with Crippen molar-refractivity contribution in [2.45, 2.75) is 91.7 Å². The van der Waals surface area contributed by atoms with Gasteiger partial charge in [0, 0.05) is 61.4 Å². The van der Waals surface area contributed by atoms with Gasteiger partial charge >= 0.3 is 0 Å². The van der Waals surface area contributed by atoms with E-state index >= 15 is 0 Å². The van der Waals surface area contributed by atoms with E-state index in [1.807, 2.05) is 49.9 Å². The van der Waals surface area contributed by atoms with E-state index in [1.165, 1.54) is 6.92 Å². The maximum Gasteiger partial charge on any atom is 0.230 e. The summed E-state index contributed by atoms with van der Waals surface area (Å²) >= 11 is 0. The molecule has 7 nitrogen and oxygen atoms in total. The van der Waals surface area contributed by atoms with Crippen molar-refractivity contribution in [3.8, 4) is 17.0 Å². The zero-order valence-electron chi connectivity index (χ0n) is 25.9. The molecule has 1 aromatic carbocycles. The lowest BCUT2D eigenvalue weighted by molar-refractivity contribution is -0.156. The number of aromatic nitrogens is 1. The molecule has 0 unspecified atom stereocenters. The van der Waals surface area contributed by atoms with Crippen molar-refractivity contribution >= 4 is 17.5 Å². The largest absolute Gasteiger partial charge is 0.496 e. The molecule has 1 aromatic heterocycles. The highest BCUT2D eigenvalue weighted by Crippen LogP contribution is 2.61. The Kier molecular flexibility index (Phi) is 7.06. The van der Waals surface area contributed by atoms with Gasteiger partial charge in [0.2, 0.25) is 5.91 Å². The molecule has 2 aromatic rings. The Bertz CT molecular complexity index is 1520. The summed E-state index contributed by atoms with van der Waals surface area (Å²) in [6.07, 6.45) is 3.78. The first kappa shape index (κ1) is 28.6. The van der Waals surface area contributed by atoms with Crippen molar-refractivity contribution < 1.29 is 23.9 Å². The number of carbonyl (C=O) groups excluding carboxylic acids is 3. The minimum absolute atomic E-state index is 0.0226. The molecule has 1 saturated heterocycles. The molecule has 1 amide bonds. The molecular formula is C35H42N2O5. The zero-order valence-corrected chi connectivity index (χ0v) is 25.9. The van der Waals surface area contributed by atoms with Crippen molar-refractivity contribution in [3.63, 3.8) is 0 Å². The van der Waals surface area contributed by atoms with Crippen LogP contribution in [0.2, 0.25) is 0 Å². The number of hydrogen-bond acceptors (Lipinski definition) is 6. The standard InChI is InChI=1S/C35H42N2O5/c1-8-37-24(18(2)3)15-27-31(34(37)40)32(30-25(39)16-35(13-14-35)17-28(30)42-27)29-20(5)22(10-12-26(29)41-7)23-11-9-19(4)33(36-23)21(6)38/h9-12,18,24,27,31-32H,8,13-17H2,1-7H3/t24-,27-,31-,32-/m0/s1. The van der Waals surface area contributed by atoms with Gasteiger partial charge in [0.25, 0.3) is 0 Å². The van der Waals surface area contributed by atoms with E-state index in [0.717, 1.165) is 53.7 Å². The van der Waals surface area contributed by atoms with Crippen molar-refractivity contribution in [1.29, 1.82) is 0 Å². The summed E-state index contributed by atoms with van der Waals surface area (Å²) in [4.78, 5) is 47.6. The summed E-state index contributed by atoms with van der Waals surface area (Å²) in [5.41, 5.74) is 5.24. The smallest absolute Gasteiger partial charge is 0.230 e. The van der Waals surface area contributed by atoms with Gasteiger partial charge < -0.3 is 14.4 Å². The fourth-order valence-electron chi connectivity index (χ4n) is 7.87. The van der Waals surface area contributed by atoms with Gasteiger partial charge in [-0.15, -0.1) is 0 Å². The number of rotatable bonds is 6. The Hall–Kier alpha value is -3.48. The quantitative estimate of drug-likeness (QED) is 0.376. The highest BCUT2D eigenvalue weighted by atomic mass is 16.5. The van der Waals surface area contributed by atoms with Gasteiger partial charge in [-0.3, -0.25) is 14.4 Å². The molecule has 2 aliphatic carbocycles. The summed E-state index contributed by atoms with van der Waals surface area (Å²) < 4.78 is 12.7. The molecule has 6 rings (SSSR count). The average molecular weight is 571 g/mol. The molecule has 3 heterocycles. The lowest BCUT2D eigenvalue weighted by atomic mass is 9.65. The third-order valence-electron chi connectivity index (χ3n) is 10.3. The van der Waals surface area contributed by atoms with Crippen LogP contribution in [-0.4, -0.2) is 53.2 Å². The van der Waals surface area contributed by atoms with Crippen LogP contribution in [0, 0.1) is 31.1 Å². The molecule has 0 radical (unpaired) electrons. The second kappa shape index (κ2) is 10.4. The van der Waals surface area contributed by atoms with Gasteiger partial charge in [-0.1, -0.05) is 19.9 Å². The number of Topliss-reactive ketones (excluding diaryl/α,β-unsaturated/α-hetero) is 2. The molecule has 222 valence electrons. The van der Waals surface area contributed by atoms with E-state index < -0.39 is 11.8 Å². The molecule has 42 heavy (non-hydrogen) atoms. The Balaban J connectivity index is 1.57. The fourth-order valence-corrected chi connectivity index (χ4v) is 7.87. The predicted molar refractivity (Wildman–Crippen MR) is 160 cm³/mol. The maximum absolute atomic E-state index is 14.5. The van der Waals surface area contributed by atoms with E-state index in [9.17, 15) is 14.4 Å². The summed E-state index contributed by atoms with van der Waals surface area (Å²) in [5, 5.41) is 0. The number of carbonyl (C=O) groups is 3. The van der Waals surface area contributed by atoms with Crippen molar-refractivity contribution in [3.05, 3.63) is 58.0 Å². The first-order valence-corrected chi connectivity index (χ1v) is 15.4. The van der Waals surface area contributed by atoms with E-state index in [-0.39, 0.29) is 41.0 Å². The second-order valence-electron chi connectivity index (χ2n) is 13.2. The lowest BCUT2D eigenvalue weighted by Gasteiger charge is -2.51. The number of aryl methyl sites for hydroxylation is 1. The zero-order chi connectivity index (χ0) is 30.1. The normalized spacial score (nSPS) is 26.2. The van der Waals surface area contributed by atoms with Crippen LogP contribution >= 0.6 is 0 Å². The van der Waals surface area contributed by atoms with E-state index in [1.54, 1.807) is 7.11 Å². The molecule has 4 aliphatic rings. The Morgan fingerprint density at radius 3 is 2.50 bits per heavy atom. The SMILES string of the molecule is CCN1C(=O)[C@H]2[C@H](C[C@H]1C(C)C)OC1=C(C(=O)CC3(CC3)C1)[C@@H]2c1c(OC)ccc(-c2ccc(C)c(C(C)=O)n2)c1C. The van der Waals surface area contributed by atoms with Crippen LogP contribution in [0.1, 0.15) is 92.9 Å². The Labute approximate surface area is 248 Å². The summed E-state index contributed by atoms with van der Waals surface area (Å²) in [5.74, 6) is 0.765. The summed E-state index contributed by atoms with van der Waals surface area (Å²) in [6.45, 7) is 12.4. The number of benzene rings is 1. The number of amides is 1. The van der Waals surface area contributed by atoms with Crippen LogP contribution in [0.15, 0.2) is 35.6 Å². The minimum atomic E-state index is -0.530. The molecule has 2 fully saturated rings. The number of pyridine rings is 1. The number of ether oxygens (including phenoxy) is 2. The predicted octanol–water partition coefficient (Wildman–Crippen LogP) is 6.35. The molecular weight excluding hydrogens is 528 g/mol. The highest BCUT2D eigenvalue weighted by molar-refractivity contribution is 6.01. The van der Waals surface area contributed by atoms with Crippen LogP contribution in [0.3, 0.4) is 0 Å². The lowest BCUT2D eigenvalue weighted by Crippen LogP contribution is -2.59. The van der Waals surface area contributed by atoms with Gasteiger partial charge in [-0.2, -0.15) is 0 Å². The molecule has 0 N–H and O–H groups in total. The number of nitrogens with zero attached hydrogens (tertiary/aromatic N) is 2. The van der Waals surface area contributed by atoms with Crippen LogP contribution in [-0.2, 0) is 14.3 Å². The maximum atomic E-state index is 14.5. The van der Waals surface area contributed by atoms with Gasteiger partial charge in [0.05, 0.1) is 18.7 Å². The molecule has 1 spiro atoms. The number of fused-ring (bicyclic) bond motifs is 1. The Morgan fingerprint density at radius 1 is 1.14 bits per heavy atom. The van der Waals surface area contributed by atoms with E-state index in [2.05, 4.69) is 13.8 Å². The molecule has 0 bridgehead atoms. The highest BCUT2D eigenvalue weighted by Gasteiger charge is 2.58. The van der Waals surface area contributed by atoms with Crippen LogP contribution in [0.5, 0.6) is 5.75 Å². The molecule has 4 atom stereocenters. The Morgan fingerprint density at radius 2 is 1.88 bits per heavy atom. The first-order valence-electron chi connectivity index (χ1n) is 15.4. The number of hydrogen-bond donors (Lipinski definition) is 0. The molecule has 1 saturated carbocycles. The van der Waals surface area contributed by atoms with Crippen molar-refractivity contribution in [2.24, 2.45) is 17.3 Å². The van der Waals surface area contributed by atoms with E-state index in [4.69, 9.17) is 14.5 Å². The number of methoxy groups -OCH3 is 1. The topological polar surface area (TPSA) is 85.8 Å². The average Bonchev–Trinajstić information content (AvgIpc) is 3.69. The second-order valence-corrected chi connectivity index (χ2v) is 13.2. The van der Waals surface area contributed by atoms with Gasteiger partial charge in [0.1, 0.15) is 23.3 Å². The fraction of sp³-hybridized carbons (Fsp3) is 0.543. The molecule has 2 aliphatic heterocycles.